The number of aromatic nitrogens is 3. The van der Waals surface area contributed by atoms with E-state index in [1.54, 1.807) is 6.07 Å². The van der Waals surface area contributed by atoms with Gasteiger partial charge in [-0.15, -0.1) is 32.9 Å². The number of hydrogen-bond acceptors (Lipinski definition) is 8. The van der Waals surface area contributed by atoms with Crippen LogP contribution in [0.3, 0.4) is 0 Å². The van der Waals surface area contributed by atoms with Gasteiger partial charge in [0.05, 0.1) is 34.5 Å². The smallest absolute Gasteiger partial charge is 0.223 e. The first-order chi connectivity index (χ1) is 14.5. The molecule has 0 aliphatic heterocycles. The zero-order valence-electron chi connectivity index (χ0n) is 15.7. The molecule has 1 aliphatic carbocycles. The van der Waals surface area contributed by atoms with Crippen molar-refractivity contribution >= 4 is 38.7 Å². The molecule has 30 heavy (non-hydrogen) atoms. The monoisotopic (exact) mass is 438 g/mol. The normalized spacial score (nSPS) is 14.7. The zero-order chi connectivity index (χ0) is 20.7. The Labute approximate surface area is 179 Å². The molecule has 0 radical (unpaired) electrons. The molecule has 1 fully saturated rings. The van der Waals surface area contributed by atoms with E-state index in [2.05, 4.69) is 21.3 Å². The number of Topliss-reactive ketones (excluding diaryl/α,β-unsaturated/α-hetero) is 1. The maximum atomic E-state index is 13.3. The van der Waals surface area contributed by atoms with Crippen molar-refractivity contribution in [3.05, 3.63) is 52.3 Å². The number of benzene rings is 1. The molecule has 0 atom stereocenters. The molecule has 3 aromatic heterocycles. The highest BCUT2D eigenvalue weighted by Crippen LogP contribution is 2.48. The molecule has 9 heteroatoms. The molecular formula is C21H15FN4O2S2. The third-order valence-electron chi connectivity index (χ3n) is 5.08. The first-order valence-corrected chi connectivity index (χ1v) is 11.0. The lowest BCUT2D eigenvalue weighted by Gasteiger charge is -2.01. The summed E-state index contributed by atoms with van der Waals surface area (Å²) in [6, 6.07) is 11.3. The number of carbonyl (C=O) groups excluding carboxylic acids is 1. The summed E-state index contributed by atoms with van der Waals surface area (Å²) in [6.07, 6.45) is 2.24. The van der Waals surface area contributed by atoms with E-state index in [1.165, 1.54) is 17.4 Å². The van der Waals surface area contributed by atoms with Crippen molar-refractivity contribution in [2.24, 2.45) is 5.41 Å². The Balaban J connectivity index is 1.28. The fourth-order valence-electron chi connectivity index (χ4n) is 3.32. The summed E-state index contributed by atoms with van der Waals surface area (Å²) in [4.78, 5) is 17.6. The summed E-state index contributed by atoms with van der Waals surface area (Å²) in [6.45, 7) is 0. The van der Waals surface area contributed by atoms with Gasteiger partial charge in [0.2, 0.25) is 11.8 Å². The Bertz CT molecular complexity index is 1300. The molecule has 0 unspecified atom stereocenters. The lowest BCUT2D eigenvalue weighted by Crippen LogP contribution is -2.10. The van der Waals surface area contributed by atoms with Crippen LogP contribution in [0.15, 0.2) is 34.7 Å². The average Bonchev–Trinajstić information content (AvgIpc) is 3.05. The van der Waals surface area contributed by atoms with E-state index in [4.69, 9.17) is 9.68 Å². The van der Waals surface area contributed by atoms with Crippen LogP contribution in [0.5, 0.6) is 0 Å². The Hall–Kier alpha value is -2.96. The van der Waals surface area contributed by atoms with Crippen LogP contribution in [-0.2, 0) is 17.6 Å². The van der Waals surface area contributed by atoms with Crippen LogP contribution >= 0.6 is 22.7 Å². The Morgan fingerprint density at radius 2 is 2.03 bits per heavy atom. The Morgan fingerprint density at radius 3 is 2.77 bits per heavy atom. The molecular weight excluding hydrogens is 423 g/mol. The average molecular weight is 439 g/mol. The van der Waals surface area contributed by atoms with E-state index in [1.807, 2.05) is 18.2 Å². The van der Waals surface area contributed by atoms with Gasteiger partial charge in [-0.25, -0.2) is 4.98 Å². The number of carbonyl (C=O) groups is 1. The van der Waals surface area contributed by atoms with E-state index in [0.717, 1.165) is 49.8 Å². The second-order valence-electron chi connectivity index (χ2n) is 7.44. The quantitative estimate of drug-likeness (QED) is 0.406. The minimum Gasteiger partial charge on any atom is -0.424 e. The highest BCUT2D eigenvalue weighted by Gasteiger charge is 2.44. The van der Waals surface area contributed by atoms with E-state index in [0.29, 0.717) is 12.3 Å². The van der Waals surface area contributed by atoms with Gasteiger partial charge in [-0.2, -0.15) is 9.65 Å². The van der Waals surface area contributed by atoms with E-state index in [9.17, 15) is 9.18 Å². The number of hydrogen-bond donors (Lipinski definition) is 0. The lowest BCUT2D eigenvalue weighted by molar-refractivity contribution is -0.119. The fourth-order valence-corrected chi connectivity index (χ4v) is 5.04. The molecule has 0 amide bonds. The topological polar surface area (TPSA) is 92.7 Å². The van der Waals surface area contributed by atoms with Gasteiger partial charge in [0.1, 0.15) is 10.8 Å². The van der Waals surface area contributed by atoms with Gasteiger partial charge in [0, 0.05) is 11.3 Å². The van der Waals surface area contributed by atoms with Crippen molar-refractivity contribution in [2.75, 3.05) is 0 Å². The number of halogens is 1. The Kier molecular flexibility index (Phi) is 4.68. The third-order valence-corrected chi connectivity index (χ3v) is 7.02. The molecule has 0 spiro atoms. The van der Waals surface area contributed by atoms with Crippen LogP contribution in [-0.4, -0.2) is 21.0 Å². The first kappa shape index (κ1) is 19.0. The third kappa shape index (κ3) is 3.88. The minimum atomic E-state index is -0.464. The lowest BCUT2D eigenvalue weighted by atomic mass is 10.00. The number of thiazole rings is 1. The summed E-state index contributed by atoms with van der Waals surface area (Å²) < 4.78 is 19.9. The van der Waals surface area contributed by atoms with Gasteiger partial charge in [-0.1, -0.05) is 6.07 Å². The summed E-state index contributed by atoms with van der Waals surface area (Å²) in [5, 5.41) is 17.7. The van der Waals surface area contributed by atoms with Crippen molar-refractivity contribution in [2.45, 2.75) is 32.1 Å². The van der Waals surface area contributed by atoms with Crippen LogP contribution in [0.4, 0.5) is 4.39 Å². The summed E-state index contributed by atoms with van der Waals surface area (Å²) in [5.74, 6) is 0.618. The highest BCUT2D eigenvalue weighted by molar-refractivity contribution is 7.18. The van der Waals surface area contributed by atoms with Crippen molar-refractivity contribution in [1.82, 2.24) is 15.2 Å². The molecule has 4 aromatic rings. The van der Waals surface area contributed by atoms with E-state index in [-0.39, 0.29) is 29.6 Å². The number of nitriles is 1. The van der Waals surface area contributed by atoms with E-state index >= 15 is 0 Å². The molecule has 6 nitrogen and oxygen atoms in total. The maximum absolute atomic E-state index is 13.3. The summed E-state index contributed by atoms with van der Waals surface area (Å²) in [5.41, 5.74) is 1.35. The molecule has 5 rings (SSSR count). The van der Waals surface area contributed by atoms with Gasteiger partial charge in [0.25, 0.3) is 0 Å². The standard InChI is InChI=1S/C21H15FN4O2S2/c22-17-4-3-15(29-17)12-1-2-14-16(7-12)30-20(24-14)9-19-26-25-18(28-19)8-13(27)10-21(11-23)5-6-21/h1-4,7H,5-6,8-10H2. The van der Waals surface area contributed by atoms with Crippen molar-refractivity contribution < 1.29 is 13.6 Å². The number of fused-ring (bicyclic) bond motifs is 1. The van der Waals surface area contributed by atoms with Crippen LogP contribution in [0, 0.1) is 21.9 Å². The molecule has 150 valence electrons. The predicted octanol–water partition coefficient (Wildman–Crippen LogP) is 4.94. The molecule has 1 aromatic carbocycles. The molecule has 0 bridgehead atoms. The fraction of sp³-hybridized carbons (Fsp3) is 0.286. The second kappa shape index (κ2) is 7.38. The molecule has 0 N–H and O–H groups in total. The van der Waals surface area contributed by atoms with Crippen molar-refractivity contribution in [3.8, 4) is 16.5 Å². The van der Waals surface area contributed by atoms with Crippen LogP contribution < -0.4 is 0 Å². The molecule has 1 saturated carbocycles. The maximum Gasteiger partial charge on any atom is 0.223 e. The number of thiophene rings is 1. The van der Waals surface area contributed by atoms with Gasteiger partial charge in [-0.3, -0.25) is 4.79 Å². The number of rotatable bonds is 7. The van der Waals surface area contributed by atoms with Gasteiger partial charge in [-0.05, 0) is 42.7 Å². The first-order valence-electron chi connectivity index (χ1n) is 9.41. The number of nitrogens with zero attached hydrogens (tertiary/aromatic N) is 4. The zero-order valence-corrected chi connectivity index (χ0v) is 17.4. The second-order valence-corrected chi connectivity index (χ2v) is 9.59. The van der Waals surface area contributed by atoms with E-state index < -0.39 is 5.41 Å². The molecule has 3 heterocycles. The summed E-state index contributed by atoms with van der Waals surface area (Å²) in [7, 11) is 0. The van der Waals surface area contributed by atoms with Gasteiger partial charge in [0.15, 0.2) is 5.13 Å². The van der Waals surface area contributed by atoms with Gasteiger partial charge >= 0.3 is 0 Å². The SMILES string of the molecule is N#CC1(CC(=O)Cc2nnc(Cc3nc4ccc(-c5ccc(F)s5)cc4s3)o2)CC1. The molecule has 1 aliphatic rings. The van der Waals surface area contributed by atoms with Gasteiger partial charge < -0.3 is 4.42 Å². The largest absolute Gasteiger partial charge is 0.424 e. The van der Waals surface area contributed by atoms with Crippen molar-refractivity contribution in [1.29, 1.82) is 5.26 Å². The summed E-state index contributed by atoms with van der Waals surface area (Å²) >= 11 is 2.63. The number of ketones is 1. The van der Waals surface area contributed by atoms with Crippen LogP contribution in [0.2, 0.25) is 0 Å². The Morgan fingerprint density at radius 1 is 1.20 bits per heavy atom. The van der Waals surface area contributed by atoms with Crippen molar-refractivity contribution in [3.63, 3.8) is 0 Å². The highest BCUT2D eigenvalue weighted by atomic mass is 32.1. The molecule has 0 saturated heterocycles. The van der Waals surface area contributed by atoms with Crippen LogP contribution in [0.1, 0.15) is 36.1 Å². The minimum absolute atomic E-state index is 0.0526. The van der Waals surface area contributed by atoms with Crippen LogP contribution in [0.25, 0.3) is 20.7 Å². The predicted molar refractivity (Wildman–Crippen MR) is 111 cm³/mol.